The van der Waals surface area contributed by atoms with Gasteiger partial charge in [-0.25, -0.2) is 15.0 Å². The van der Waals surface area contributed by atoms with E-state index in [2.05, 4.69) is 212 Å². The molecule has 0 amide bonds. The molecule has 0 aliphatic rings. The van der Waals surface area contributed by atoms with E-state index in [-0.39, 0.29) is 0 Å². The highest BCUT2D eigenvalue weighted by atomic mass is 14.9. The molecule has 10 rings (SSSR count). The van der Waals surface area contributed by atoms with Gasteiger partial charge in [0.05, 0.1) is 22.8 Å². The average Bonchev–Trinajstić information content (AvgIpc) is 3.35. The van der Waals surface area contributed by atoms with Crippen LogP contribution >= 0.6 is 0 Å². The van der Waals surface area contributed by atoms with Crippen molar-refractivity contribution in [1.29, 1.82) is 0 Å². The van der Waals surface area contributed by atoms with E-state index < -0.39 is 0 Å². The summed E-state index contributed by atoms with van der Waals surface area (Å²) in [6.45, 7) is 0. The number of aromatic nitrogens is 3. The number of hydrogen-bond donors (Lipinski definition) is 0. The Morgan fingerprint density at radius 3 is 0.933 bits per heavy atom. The molecule has 0 N–H and O–H groups in total. The molecule has 0 aliphatic heterocycles. The van der Waals surface area contributed by atoms with Crippen LogP contribution in [0.2, 0.25) is 0 Å². The molecular weight excluding hydrogens is 727 g/mol. The molecular formula is C57H39N3. The lowest BCUT2D eigenvalue weighted by atomic mass is 9.95. The number of benzene rings is 8. The summed E-state index contributed by atoms with van der Waals surface area (Å²) in [5.41, 5.74) is 18.0. The maximum absolute atomic E-state index is 5.26. The van der Waals surface area contributed by atoms with Gasteiger partial charge in [-0.05, 0) is 93.0 Å². The molecule has 10 aromatic rings. The van der Waals surface area contributed by atoms with E-state index >= 15 is 0 Å². The molecule has 0 radical (unpaired) electrons. The smallest absolute Gasteiger partial charge is 0.160 e. The Hall–Kier alpha value is -8.01. The van der Waals surface area contributed by atoms with Crippen molar-refractivity contribution in [1.82, 2.24) is 15.0 Å². The second kappa shape index (κ2) is 16.5. The minimum Gasteiger partial charge on any atom is -0.248 e. The molecule has 2 aromatic heterocycles. The first-order chi connectivity index (χ1) is 29.7. The van der Waals surface area contributed by atoms with Crippen LogP contribution in [0.4, 0.5) is 0 Å². The Kier molecular flexibility index (Phi) is 9.97. The quantitative estimate of drug-likeness (QED) is 0.147. The lowest BCUT2D eigenvalue weighted by molar-refractivity contribution is 1.18. The predicted octanol–water partition coefficient (Wildman–Crippen LogP) is 14.9. The summed E-state index contributed by atoms with van der Waals surface area (Å²) in [5.74, 6) is 0.673. The van der Waals surface area contributed by atoms with Gasteiger partial charge in [0.1, 0.15) is 0 Å². The van der Waals surface area contributed by atoms with Crippen LogP contribution in [-0.2, 0) is 0 Å². The second-order valence-corrected chi connectivity index (χ2v) is 14.9. The first-order valence-electron chi connectivity index (χ1n) is 20.3. The monoisotopic (exact) mass is 765 g/mol. The Balaban J connectivity index is 0.997. The maximum atomic E-state index is 5.26. The molecule has 2 heterocycles. The summed E-state index contributed by atoms with van der Waals surface area (Å²) in [6.07, 6.45) is 0. The van der Waals surface area contributed by atoms with Crippen molar-refractivity contribution in [3.63, 3.8) is 0 Å². The predicted molar refractivity (Wildman–Crippen MR) is 249 cm³/mol. The largest absolute Gasteiger partial charge is 0.248 e. The van der Waals surface area contributed by atoms with Crippen LogP contribution < -0.4 is 0 Å². The normalized spacial score (nSPS) is 11.0. The van der Waals surface area contributed by atoms with E-state index in [1.165, 1.54) is 22.3 Å². The molecule has 3 heteroatoms. The van der Waals surface area contributed by atoms with E-state index in [1.54, 1.807) is 0 Å². The first kappa shape index (κ1) is 36.3. The fraction of sp³-hybridized carbons (Fsp3) is 0. The van der Waals surface area contributed by atoms with Gasteiger partial charge in [0.2, 0.25) is 0 Å². The Labute approximate surface area is 351 Å². The molecule has 0 bridgehead atoms. The van der Waals surface area contributed by atoms with Gasteiger partial charge >= 0.3 is 0 Å². The summed E-state index contributed by atoms with van der Waals surface area (Å²) >= 11 is 0. The standard InChI is InChI=1S/C57H39N3/c1-4-16-40(17-5-1)43-22-10-23-44(34-43)45-24-11-25-46(35-45)48-27-13-30-51(37-48)56-39-55(42-20-8-3-9-21-42)59-57(60-56)52-31-14-28-49(38-52)47-26-12-29-50(36-47)54-33-15-32-53(58-54)41-18-6-2-7-19-41/h1-39H. The average molecular weight is 766 g/mol. The molecule has 60 heavy (non-hydrogen) atoms. The van der Waals surface area contributed by atoms with Crippen molar-refractivity contribution >= 4 is 0 Å². The lowest BCUT2D eigenvalue weighted by Crippen LogP contribution is -1.96. The van der Waals surface area contributed by atoms with Crippen LogP contribution in [0.5, 0.6) is 0 Å². The van der Waals surface area contributed by atoms with Crippen LogP contribution in [0.1, 0.15) is 0 Å². The molecule has 0 fully saturated rings. The van der Waals surface area contributed by atoms with E-state index in [4.69, 9.17) is 15.0 Å². The zero-order valence-electron chi connectivity index (χ0n) is 32.9. The van der Waals surface area contributed by atoms with Gasteiger partial charge in [-0.2, -0.15) is 0 Å². The Bertz CT molecular complexity index is 2900. The SMILES string of the molecule is c1ccc(-c2cccc(-c3cccc(-c4cccc(-c5cc(-c6ccccc6)nc(-c6cccc(-c7cccc(-c8cccc(-c9ccccc9)n8)c7)c6)n5)c4)c3)c2)cc1. The van der Waals surface area contributed by atoms with Crippen LogP contribution in [0, 0.1) is 0 Å². The van der Waals surface area contributed by atoms with Gasteiger partial charge in [0.15, 0.2) is 5.82 Å². The van der Waals surface area contributed by atoms with E-state index in [0.717, 1.165) is 72.8 Å². The zero-order chi connectivity index (χ0) is 40.1. The maximum Gasteiger partial charge on any atom is 0.160 e. The summed E-state index contributed by atoms with van der Waals surface area (Å²) in [6, 6.07) is 82.8. The van der Waals surface area contributed by atoms with Gasteiger partial charge < -0.3 is 0 Å². The summed E-state index contributed by atoms with van der Waals surface area (Å²) < 4.78 is 0. The topological polar surface area (TPSA) is 38.7 Å². The first-order valence-corrected chi connectivity index (χ1v) is 20.3. The minimum atomic E-state index is 0.673. The van der Waals surface area contributed by atoms with Crippen molar-refractivity contribution in [2.24, 2.45) is 0 Å². The second-order valence-electron chi connectivity index (χ2n) is 14.9. The van der Waals surface area contributed by atoms with Crippen molar-refractivity contribution < 1.29 is 0 Å². The molecule has 0 unspecified atom stereocenters. The van der Waals surface area contributed by atoms with Crippen molar-refractivity contribution in [3.05, 3.63) is 237 Å². The third kappa shape index (κ3) is 7.80. The van der Waals surface area contributed by atoms with Crippen molar-refractivity contribution in [2.45, 2.75) is 0 Å². The van der Waals surface area contributed by atoms with Crippen LogP contribution in [0.3, 0.4) is 0 Å². The lowest BCUT2D eigenvalue weighted by Gasteiger charge is -2.12. The van der Waals surface area contributed by atoms with E-state index in [0.29, 0.717) is 5.82 Å². The third-order valence-corrected chi connectivity index (χ3v) is 10.9. The molecule has 0 atom stereocenters. The molecule has 0 saturated heterocycles. The number of hydrogen-bond acceptors (Lipinski definition) is 3. The van der Waals surface area contributed by atoms with Gasteiger partial charge in [0, 0.05) is 27.8 Å². The molecule has 282 valence electrons. The molecule has 0 spiro atoms. The summed E-state index contributed by atoms with van der Waals surface area (Å²) in [5, 5.41) is 0. The molecule has 0 saturated carbocycles. The fourth-order valence-corrected chi connectivity index (χ4v) is 7.79. The fourth-order valence-electron chi connectivity index (χ4n) is 7.79. The van der Waals surface area contributed by atoms with Gasteiger partial charge in [-0.15, -0.1) is 0 Å². The molecule has 0 aliphatic carbocycles. The van der Waals surface area contributed by atoms with Gasteiger partial charge in [0.25, 0.3) is 0 Å². The van der Waals surface area contributed by atoms with E-state index in [1.807, 2.05) is 24.3 Å². The summed E-state index contributed by atoms with van der Waals surface area (Å²) in [7, 11) is 0. The van der Waals surface area contributed by atoms with Gasteiger partial charge in [-0.3, -0.25) is 0 Å². The van der Waals surface area contributed by atoms with Crippen molar-refractivity contribution in [2.75, 3.05) is 0 Å². The highest BCUT2D eigenvalue weighted by molar-refractivity contribution is 5.81. The van der Waals surface area contributed by atoms with Crippen molar-refractivity contribution in [3.8, 4) is 101 Å². The van der Waals surface area contributed by atoms with Crippen LogP contribution in [-0.4, -0.2) is 15.0 Å². The highest BCUT2D eigenvalue weighted by Gasteiger charge is 2.14. The third-order valence-electron chi connectivity index (χ3n) is 10.9. The highest BCUT2D eigenvalue weighted by Crippen LogP contribution is 2.35. The van der Waals surface area contributed by atoms with E-state index in [9.17, 15) is 0 Å². The Morgan fingerprint density at radius 2 is 0.450 bits per heavy atom. The van der Waals surface area contributed by atoms with Crippen LogP contribution in [0.25, 0.3) is 101 Å². The summed E-state index contributed by atoms with van der Waals surface area (Å²) in [4.78, 5) is 15.5. The zero-order valence-corrected chi connectivity index (χ0v) is 32.9. The number of pyridine rings is 1. The Morgan fingerprint density at radius 1 is 0.167 bits per heavy atom. The minimum absolute atomic E-state index is 0.673. The molecule has 8 aromatic carbocycles. The number of rotatable bonds is 9. The van der Waals surface area contributed by atoms with Crippen LogP contribution in [0.15, 0.2) is 237 Å². The number of nitrogens with zero attached hydrogens (tertiary/aromatic N) is 3. The molecule has 3 nitrogen and oxygen atoms in total. The van der Waals surface area contributed by atoms with Gasteiger partial charge in [-0.1, -0.05) is 188 Å².